The molecular formula is C18H33N3. The van der Waals surface area contributed by atoms with Gasteiger partial charge in [0.1, 0.15) is 0 Å². The summed E-state index contributed by atoms with van der Waals surface area (Å²) in [6, 6.07) is 8.83. The molecule has 0 atom stereocenters. The summed E-state index contributed by atoms with van der Waals surface area (Å²) in [5.41, 5.74) is 2.89. The van der Waals surface area contributed by atoms with Crippen molar-refractivity contribution < 1.29 is 0 Å². The minimum absolute atomic E-state index is 0.0428. The summed E-state index contributed by atoms with van der Waals surface area (Å²) in [5.74, 6) is 0. The van der Waals surface area contributed by atoms with Crippen molar-refractivity contribution in [3.8, 4) is 0 Å². The first-order chi connectivity index (χ1) is 9.78. The molecule has 0 spiro atoms. The van der Waals surface area contributed by atoms with Gasteiger partial charge in [-0.2, -0.15) is 0 Å². The van der Waals surface area contributed by atoms with Gasteiger partial charge < -0.3 is 9.80 Å². The van der Waals surface area contributed by atoms with Crippen LogP contribution in [-0.2, 0) is 12.1 Å². The van der Waals surface area contributed by atoms with Crippen LogP contribution in [-0.4, -0.2) is 62.5 Å². The Morgan fingerprint density at radius 1 is 0.952 bits per heavy atom. The van der Waals surface area contributed by atoms with E-state index in [0.717, 1.165) is 26.2 Å². The number of nitrogens with zero attached hydrogens (tertiary/aromatic N) is 3. The summed E-state index contributed by atoms with van der Waals surface area (Å²) >= 11 is 0. The molecule has 21 heavy (non-hydrogen) atoms. The Labute approximate surface area is 131 Å². The molecule has 1 aromatic rings. The van der Waals surface area contributed by atoms with Gasteiger partial charge in [-0.15, -0.1) is 0 Å². The van der Waals surface area contributed by atoms with Crippen LogP contribution in [0.15, 0.2) is 24.3 Å². The summed E-state index contributed by atoms with van der Waals surface area (Å²) < 4.78 is 0. The maximum Gasteiger partial charge on any atom is 0.0405 e. The molecule has 1 rings (SSSR count). The predicted octanol–water partition coefficient (Wildman–Crippen LogP) is 2.87. The molecule has 0 amide bonds. The molecule has 0 aliphatic carbocycles. The van der Waals surface area contributed by atoms with E-state index < -0.39 is 0 Å². The van der Waals surface area contributed by atoms with Gasteiger partial charge >= 0.3 is 0 Å². The van der Waals surface area contributed by atoms with Gasteiger partial charge in [-0.05, 0) is 59.7 Å². The number of benzene rings is 1. The van der Waals surface area contributed by atoms with Crippen LogP contribution in [0.25, 0.3) is 0 Å². The van der Waals surface area contributed by atoms with E-state index in [4.69, 9.17) is 0 Å². The number of likely N-dealkylation sites (N-methyl/N-ethyl adjacent to an activating group) is 2. The van der Waals surface area contributed by atoms with Crippen LogP contribution in [0.4, 0.5) is 0 Å². The van der Waals surface area contributed by atoms with Crippen LogP contribution in [0.5, 0.6) is 0 Å². The molecule has 0 N–H and O–H groups in total. The third-order valence-electron chi connectivity index (χ3n) is 4.47. The van der Waals surface area contributed by atoms with Gasteiger partial charge in [0.2, 0.25) is 0 Å². The maximum absolute atomic E-state index is 2.47. The fraction of sp³-hybridized carbons (Fsp3) is 0.667. The first-order valence-electron chi connectivity index (χ1n) is 7.92. The van der Waals surface area contributed by atoms with Gasteiger partial charge in [-0.3, -0.25) is 4.90 Å². The van der Waals surface area contributed by atoms with E-state index in [9.17, 15) is 0 Å². The van der Waals surface area contributed by atoms with Crippen molar-refractivity contribution >= 4 is 0 Å². The van der Waals surface area contributed by atoms with Crippen LogP contribution < -0.4 is 0 Å². The van der Waals surface area contributed by atoms with Crippen molar-refractivity contribution in [3.63, 3.8) is 0 Å². The first-order valence-corrected chi connectivity index (χ1v) is 7.92. The van der Waals surface area contributed by atoms with E-state index in [2.05, 4.69) is 87.9 Å². The molecule has 0 aromatic heterocycles. The monoisotopic (exact) mass is 291 g/mol. The quantitative estimate of drug-likeness (QED) is 0.729. The average Bonchev–Trinajstić information content (AvgIpc) is 2.43. The van der Waals surface area contributed by atoms with E-state index in [0.29, 0.717) is 0 Å². The zero-order chi connectivity index (χ0) is 16.0. The summed E-state index contributed by atoms with van der Waals surface area (Å²) in [5, 5.41) is 0. The highest BCUT2D eigenvalue weighted by Crippen LogP contribution is 2.29. The third kappa shape index (κ3) is 5.10. The van der Waals surface area contributed by atoms with Crippen LogP contribution >= 0.6 is 0 Å². The second-order valence-corrected chi connectivity index (χ2v) is 6.77. The summed E-state index contributed by atoms with van der Waals surface area (Å²) in [7, 11) is 8.67. The number of hydrogen-bond donors (Lipinski definition) is 0. The lowest BCUT2D eigenvalue weighted by Gasteiger charge is -2.38. The topological polar surface area (TPSA) is 9.72 Å². The van der Waals surface area contributed by atoms with Crippen molar-refractivity contribution in [3.05, 3.63) is 35.4 Å². The van der Waals surface area contributed by atoms with Crippen molar-refractivity contribution in [2.75, 3.05) is 47.8 Å². The zero-order valence-electron chi connectivity index (χ0n) is 15.0. The van der Waals surface area contributed by atoms with Crippen molar-refractivity contribution in [1.29, 1.82) is 0 Å². The molecule has 0 bridgehead atoms. The first kappa shape index (κ1) is 18.1. The molecule has 0 aliphatic rings. The normalized spacial score (nSPS) is 12.7. The Morgan fingerprint density at radius 3 is 2.14 bits per heavy atom. The molecule has 1 aromatic carbocycles. The van der Waals surface area contributed by atoms with Crippen molar-refractivity contribution in [2.45, 2.75) is 32.9 Å². The lowest BCUT2D eigenvalue weighted by atomic mass is 9.88. The Kier molecular flexibility index (Phi) is 6.85. The second kappa shape index (κ2) is 7.92. The fourth-order valence-corrected chi connectivity index (χ4v) is 2.56. The highest BCUT2D eigenvalue weighted by atomic mass is 15.2. The summed E-state index contributed by atoms with van der Waals surface area (Å²) in [4.78, 5) is 7.06. The molecular weight excluding hydrogens is 258 g/mol. The SMILES string of the molecule is CCN(C)CCN(C)C(C)(C)c1ccccc1CN(C)C. The standard InChI is InChI=1S/C18H33N3/c1-8-20(6)13-14-21(7)18(2,3)17-12-10-9-11-16(17)15-19(4)5/h9-12H,8,13-15H2,1-7H3. The Hall–Kier alpha value is -0.900. The molecule has 3 nitrogen and oxygen atoms in total. The van der Waals surface area contributed by atoms with Crippen molar-refractivity contribution in [1.82, 2.24) is 14.7 Å². The highest BCUT2D eigenvalue weighted by molar-refractivity contribution is 5.32. The molecule has 120 valence electrons. The molecule has 0 aliphatic heterocycles. The van der Waals surface area contributed by atoms with Gasteiger partial charge in [0.15, 0.2) is 0 Å². The van der Waals surface area contributed by atoms with Crippen LogP contribution in [0.1, 0.15) is 31.9 Å². The van der Waals surface area contributed by atoms with E-state index >= 15 is 0 Å². The van der Waals surface area contributed by atoms with Gasteiger partial charge in [0.25, 0.3) is 0 Å². The summed E-state index contributed by atoms with van der Waals surface area (Å²) in [6.07, 6.45) is 0. The number of rotatable bonds is 8. The molecule has 0 saturated heterocycles. The summed E-state index contributed by atoms with van der Waals surface area (Å²) in [6.45, 7) is 11.1. The molecule has 3 heteroatoms. The van der Waals surface area contributed by atoms with Gasteiger partial charge in [-0.25, -0.2) is 0 Å². The third-order valence-corrected chi connectivity index (χ3v) is 4.47. The lowest BCUT2D eigenvalue weighted by molar-refractivity contribution is 0.138. The molecule has 0 unspecified atom stereocenters. The largest absolute Gasteiger partial charge is 0.305 e. The number of hydrogen-bond acceptors (Lipinski definition) is 3. The van der Waals surface area contributed by atoms with Crippen LogP contribution in [0.3, 0.4) is 0 Å². The zero-order valence-corrected chi connectivity index (χ0v) is 15.0. The molecule has 0 fully saturated rings. The van der Waals surface area contributed by atoms with Crippen molar-refractivity contribution in [2.24, 2.45) is 0 Å². The van der Waals surface area contributed by atoms with E-state index in [1.807, 2.05) is 0 Å². The second-order valence-electron chi connectivity index (χ2n) is 6.77. The Balaban J connectivity index is 2.90. The minimum Gasteiger partial charge on any atom is -0.305 e. The lowest BCUT2D eigenvalue weighted by Crippen LogP contribution is -2.43. The average molecular weight is 291 g/mol. The Bertz CT molecular complexity index is 426. The smallest absolute Gasteiger partial charge is 0.0405 e. The van der Waals surface area contributed by atoms with Gasteiger partial charge in [0.05, 0.1) is 0 Å². The molecule has 0 saturated carbocycles. The van der Waals surface area contributed by atoms with Gasteiger partial charge in [-0.1, -0.05) is 31.2 Å². The van der Waals surface area contributed by atoms with E-state index in [1.165, 1.54) is 11.1 Å². The van der Waals surface area contributed by atoms with Gasteiger partial charge in [0, 0.05) is 25.2 Å². The molecule has 0 heterocycles. The maximum atomic E-state index is 2.47. The van der Waals surface area contributed by atoms with E-state index in [-0.39, 0.29) is 5.54 Å². The molecule has 0 radical (unpaired) electrons. The van der Waals surface area contributed by atoms with Crippen LogP contribution in [0.2, 0.25) is 0 Å². The fourth-order valence-electron chi connectivity index (χ4n) is 2.56. The Morgan fingerprint density at radius 2 is 1.57 bits per heavy atom. The minimum atomic E-state index is 0.0428. The van der Waals surface area contributed by atoms with E-state index in [1.54, 1.807) is 0 Å². The highest BCUT2D eigenvalue weighted by Gasteiger charge is 2.27. The van der Waals surface area contributed by atoms with Crippen LogP contribution in [0, 0.1) is 0 Å². The predicted molar refractivity (Wildman–Crippen MR) is 92.7 cm³/mol.